The predicted molar refractivity (Wildman–Crippen MR) is 321 cm³/mol. The van der Waals surface area contributed by atoms with Crippen LogP contribution in [-0.4, -0.2) is 37.2 Å². The molecule has 0 bridgehead atoms. The van der Waals surface area contributed by atoms with Crippen molar-refractivity contribution in [3.8, 4) is 0 Å². The van der Waals surface area contributed by atoms with Gasteiger partial charge < -0.3 is 14.2 Å². The largest absolute Gasteiger partial charge is 0.462 e. The Morgan fingerprint density at radius 2 is 0.568 bits per heavy atom. The minimum Gasteiger partial charge on any atom is -0.462 e. The molecule has 0 aliphatic rings. The molecule has 1 atom stereocenters. The van der Waals surface area contributed by atoms with Gasteiger partial charge in [0.1, 0.15) is 13.2 Å². The second kappa shape index (κ2) is 62.1. The monoisotopic (exact) mass is 1030 g/mol. The molecule has 0 N–H and O–H groups in total. The fourth-order valence-corrected chi connectivity index (χ4v) is 8.89. The van der Waals surface area contributed by atoms with Gasteiger partial charge in [-0.3, -0.25) is 14.4 Å². The van der Waals surface area contributed by atoms with E-state index in [1.165, 1.54) is 161 Å². The number of carbonyl (C=O) groups excluding carboxylic acids is 3. The highest BCUT2D eigenvalue weighted by atomic mass is 16.6. The van der Waals surface area contributed by atoms with Crippen LogP contribution in [0.2, 0.25) is 0 Å². The molecule has 1 unspecified atom stereocenters. The third-order valence-electron chi connectivity index (χ3n) is 13.6. The Bertz CT molecular complexity index is 1420. The van der Waals surface area contributed by atoms with Crippen LogP contribution in [0.25, 0.3) is 0 Å². The topological polar surface area (TPSA) is 78.9 Å². The number of ether oxygens (including phenoxy) is 3. The summed E-state index contributed by atoms with van der Waals surface area (Å²) >= 11 is 0. The Morgan fingerprint density at radius 3 is 0.919 bits per heavy atom. The normalized spacial score (nSPS) is 12.6. The van der Waals surface area contributed by atoms with Crippen molar-refractivity contribution in [2.75, 3.05) is 13.2 Å². The molecule has 0 saturated heterocycles. The highest BCUT2D eigenvalue weighted by Crippen LogP contribution is 2.15. The molecule has 6 nitrogen and oxygen atoms in total. The second-order valence-electron chi connectivity index (χ2n) is 21.0. The van der Waals surface area contributed by atoms with E-state index in [2.05, 4.69) is 106 Å². The van der Waals surface area contributed by atoms with Gasteiger partial charge in [-0.15, -0.1) is 0 Å². The number of unbranched alkanes of at least 4 members (excludes halogenated alkanes) is 33. The smallest absolute Gasteiger partial charge is 0.306 e. The lowest BCUT2D eigenvalue weighted by molar-refractivity contribution is -0.167. The van der Waals surface area contributed by atoms with E-state index >= 15 is 0 Å². The minimum absolute atomic E-state index is 0.0903. The lowest BCUT2D eigenvalue weighted by Crippen LogP contribution is -2.30. The summed E-state index contributed by atoms with van der Waals surface area (Å²) in [5.41, 5.74) is 0. The van der Waals surface area contributed by atoms with E-state index in [0.29, 0.717) is 19.3 Å². The molecule has 0 aromatic carbocycles. The number of esters is 3. The Morgan fingerprint density at radius 1 is 0.297 bits per heavy atom. The maximum Gasteiger partial charge on any atom is 0.306 e. The highest BCUT2D eigenvalue weighted by Gasteiger charge is 2.19. The zero-order valence-corrected chi connectivity index (χ0v) is 48.8. The summed E-state index contributed by atoms with van der Waals surface area (Å²) < 4.78 is 16.9. The molecule has 0 saturated carbocycles. The summed E-state index contributed by atoms with van der Waals surface area (Å²) in [6.45, 7) is 6.52. The molecule has 6 heteroatoms. The van der Waals surface area contributed by atoms with Crippen molar-refractivity contribution in [1.29, 1.82) is 0 Å². The minimum atomic E-state index is -0.793. The lowest BCUT2D eigenvalue weighted by atomic mass is 10.1. The van der Waals surface area contributed by atoms with Gasteiger partial charge in [0, 0.05) is 19.3 Å². The van der Waals surface area contributed by atoms with Gasteiger partial charge in [0.15, 0.2) is 6.10 Å². The molecule has 0 fully saturated rings. The van der Waals surface area contributed by atoms with E-state index in [-0.39, 0.29) is 31.1 Å². The molecule has 0 aromatic rings. The Balaban J connectivity index is 4.44. The quantitative estimate of drug-likeness (QED) is 0.0199. The van der Waals surface area contributed by atoms with Crippen LogP contribution in [0.15, 0.2) is 85.1 Å². The third kappa shape index (κ3) is 59.5. The van der Waals surface area contributed by atoms with Gasteiger partial charge in [-0.25, -0.2) is 0 Å². The van der Waals surface area contributed by atoms with Gasteiger partial charge in [-0.1, -0.05) is 266 Å². The molecule has 0 rings (SSSR count). The summed E-state index contributed by atoms with van der Waals surface area (Å²) in [6, 6.07) is 0. The first kappa shape index (κ1) is 70.6. The van der Waals surface area contributed by atoms with Crippen molar-refractivity contribution in [2.24, 2.45) is 0 Å². The molecule has 74 heavy (non-hydrogen) atoms. The summed E-state index contributed by atoms with van der Waals surface area (Å²) in [7, 11) is 0. The van der Waals surface area contributed by atoms with E-state index in [1.54, 1.807) is 0 Å². The first-order chi connectivity index (χ1) is 36.5. The van der Waals surface area contributed by atoms with Crippen molar-refractivity contribution in [3.05, 3.63) is 85.1 Å². The van der Waals surface area contributed by atoms with E-state index in [0.717, 1.165) is 109 Å². The molecule has 0 radical (unpaired) electrons. The average molecular weight is 1030 g/mol. The molecule has 0 aromatic heterocycles. The van der Waals surface area contributed by atoms with Gasteiger partial charge in [0.25, 0.3) is 0 Å². The number of hydrogen-bond donors (Lipinski definition) is 0. The first-order valence-electron chi connectivity index (χ1n) is 31.6. The Kier molecular flexibility index (Phi) is 59.3. The summed E-state index contributed by atoms with van der Waals surface area (Å²) in [4.78, 5) is 38.3. The maximum atomic E-state index is 12.9. The van der Waals surface area contributed by atoms with Crippen LogP contribution in [-0.2, 0) is 28.6 Å². The van der Waals surface area contributed by atoms with Gasteiger partial charge in [0.05, 0.1) is 0 Å². The van der Waals surface area contributed by atoms with Crippen LogP contribution in [0.3, 0.4) is 0 Å². The van der Waals surface area contributed by atoms with E-state index in [1.807, 2.05) is 0 Å². The molecule has 0 aliphatic carbocycles. The molecule has 426 valence electrons. The number of carbonyl (C=O) groups is 3. The standard InChI is InChI=1S/C68H118O6/c1-4-7-10-13-16-19-22-25-28-31-34-37-40-43-46-49-52-55-58-61-67(70)73-64-65(63-72-66(69)60-57-54-51-48-45-42-39-36-33-30-27-24-21-18-15-12-9-6-3)74-68(71)62-59-56-53-50-47-44-41-38-35-32-29-26-23-20-17-14-11-8-5-2/h7,10,16,19,25,28,30,32-37,39,65H,4-6,8-9,11-15,17-18,20-24,26-27,29,31,38,40-64H2,1-3H3/b10-7-,19-16-,28-25-,33-30-,35-32-,37-34-,39-36-. The van der Waals surface area contributed by atoms with E-state index in [4.69, 9.17) is 14.2 Å². The Labute approximate surface area is 458 Å². The predicted octanol–water partition coefficient (Wildman–Crippen LogP) is 21.5. The van der Waals surface area contributed by atoms with Gasteiger partial charge in [-0.2, -0.15) is 0 Å². The van der Waals surface area contributed by atoms with E-state index in [9.17, 15) is 14.4 Å². The number of rotatable bonds is 57. The average Bonchev–Trinajstić information content (AvgIpc) is 3.40. The van der Waals surface area contributed by atoms with Crippen LogP contribution in [0.4, 0.5) is 0 Å². The van der Waals surface area contributed by atoms with Crippen molar-refractivity contribution >= 4 is 17.9 Å². The lowest BCUT2D eigenvalue weighted by Gasteiger charge is -2.18. The van der Waals surface area contributed by atoms with Crippen molar-refractivity contribution in [1.82, 2.24) is 0 Å². The van der Waals surface area contributed by atoms with Crippen molar-refractivity contribution < 1.29 is 28.6 Å². The van der Waals surface area contributed by atoms with Crippen LogP contribution < -0.4 is 0 Å². The summed E-state index contributed by atoms with van der Waals surface area (Å²) in [6.07, 6.45) is 81.5. The van der Waals surface area contributed by atoms with Crippen molar-refractivity contribution in [2.45, 2.75) is 316 Å². The van der Waals surface area contributed by atoms with Gasteiger partial charge in [-0.05, 0) is 109 Å². The Hall–Kier alpha value is -3.41. The van der Waals surface area contributed by atoms with Crippen LogP contribution in [0.5, 0.6) is 0 Å². The summed E-state index contributed by atoms with van der Waals surface area (Å²) in [5, 5.41) is 0. The first-order valence-corrected chi connectivity index (χ1v) is 31.6. The van der Waals surface area contributed by atoms with Gasteiger partial charge in [0.2, 0.25) is 0 Å². The fraction of sp³-hybridized carbons (Fsp3) is 0.750. The molecular formula is C68H118O6. The molecule has 0 spiro atoms. The zero-order chi connectivity index (χ0) is 53.6. The third-order valence-corrected chi connectivity index (χ3v) is 13.6. The van der Waals surface area contributed by atoms with Crippen LogP contribution in [0.1, 0.15) is 310 Å². The number of allylic oxidation sites excluding steroid dienone is 14. The number of hydrogen-bond acceptors (Lipinski definition) is 6. The fourth-order valence-electron chi connectivity index (χ4n) is 8.89. The molecule has 0 aliphatic heterocycles. The summed E-state index contributed by atoms with van der Waals surface area (Å²) in [5.74, 6) is -0.911. The SMILES string of the molecule is CC/C=C\C/C=C\C/C=C\C/C=C\CCCCCCCCC(=O)OCC(COC(=O)CCCCCCC/C=C\C=C/CCCCCCCCC)OC(=O)CCCCCCCCC/C=C\CCCCCCCCCC. The van der Waals surface area contributed by atoms with Gasteiger partial charge >= 0.3 is 17.9 Å². The van der Waals surface area contributed by atoms with E-state index < -0.39 is 6.10 Å². The zero-order valence-electron chi connectivity index (χ0n) is 48.8. The maximum absolute atomic E-state index is 12.9. The second-order valence-corrected chi connectivity index (χ2v) is 21.0. The molecular weight excluding hydrogens is 913 g/mol. The van der Waals surface area contributed by atoms with Crippen LogP contribution >= 0.6 is 0 Å². The molecule has 0 heterocycles. The molecule has 0 amide bonds. The highest BCUT2D eigenvalue weighted by molar-refractivity contribution is 5.71. The van der Waals surface area contributed by atoms with Crippen molar-refractivity contribution in [3.63, 3.8) is 0 Å². The van der Waals surface area contributed by atoms with Crippen LogP contribution in [0, 0.1) is 0 Å².